The molecule has 0 bridgehead atoms. The van der Waals surface area contributed by atoms with Gasteiger partial charge in [-0.15, -0.1) is 0 Å². The Morgan fingerprint density at radius 2 is 1.88 bits per heavy atom. The third-order valence-electron chi connectivity index (χ3n) is 2.36. The van der Waals surface area contributed by atoms with Crippen molar-refractivity contribution in [1.29, 1.82) is 5.41 Å². The molecule has 0 fully saturated rings. The van der Waals surface area contributed by atoms with E-state index in [2.05, 4.69) is 0 Å². The number of nitrogens with one attached hydrogen (secondary N) is 1. The topological polar surface area (TPSA) is 87.2 Å². The molecule has 0 radical (unpaired) electrons. The summed E-state index contributed by atoms with van der Waals surface area (Å²) >= 11 is 0. The molecule has 0 atom stereocenters. The molecule has 1 aromatic rings. The zero-order valence-electron chi connectivity index (χ0n) is 9.97. The molecule has 0 aliphatic heterocycles. The highest BCUT2D eigenvalue weighted by molar-refractivity contribution is 7.89. The number of hydrogen-bond donors (Lipinski definition) is 2. The Morgan fingerprint density at radius 3 is 2.29 bits per heavy atom. The molecule has 0 spiro atoms. The van der Waals surface area contributed by atoms with Gasteiger partial charge in [0.05, 0.1) is 11.4 Å². The summed E-state index contributed by atoms with van der Waals surface area (Å²) in [5.41, 5.74) is 6.24. The van der Waals surface area contributed by atoms with Crippen molar-refractivity contribution in [1.82, 2.24) is 4.31 Å². The van der Waals surface area contributed by atoms with Gasteiger partial charge in [-0.2, -0.15) is 4.31 Å². The van der Waals surface area contributed by atoms with E-state index in [1.165, 1.54) is 4.31 Å². The van der Waals surface area contributed by atoms with Gasteiger partial charge < -0.3 is 5.73 Å². The average molecular weight is 255 g/mol. The molecule has 0 saturated heterocycles. The van der Waals surface area contributed by atoms with Crippen LogP contribution in [0.4, 0.5) is 0 Å². The lowest BCUT2D eigenvalue weighted by Crippen LogP contribution is -2.37. The van der Waals surface area contributed by atoms with Crippen molar-refractivity contribution >= 4 is 15.9 Å². The molecule has 0 aliphatic carbocycles. The SMILES string of the molecule is CCN(CC(=N)N)S(=O)(=O)c1ccc(C)cc1. The monoisotopic (exact) mass is 255 g/mol. The number of rotatable bonds is 5. The fourth-order valence-electron chi connectivity index (χ4n) is 1.42. The Bertz CT molecular complexity index is 494. The van der Waals surface area contributed by atoms with Gasteiger partial charge in [-0.05, 0) is 19.1 Å². The maximum atomic E-state index is 12.2. The Morgan fingerprint density at radius 1 is 1.35 bits per heavy atom. The average Bonchev–Trinajstić information content (AvgIpc) is 2.26. The third-order valence-corrected chi connectivity index (χ3v) is 4.29. The van der Waals surface area contributed by atoms with Crippen LogP contribution in [0.1, 0.15) is 12.5 Å². The zero-order chi connectivity index (χ0) is 13.1. The quantitative estimate of drug-likeness (QED) is 0.606. The van der Waals surface area contributed by atoms with E-state index in [1.54, 1.807) is 31.2 Å². The van der Waals surface area contributed by atoms with Crippen LogP contribution < -0.4 is 5.73 Å². The standard InChI is InChI=1S/C11H17N3O2S/c1-3-14(8-11(12)13)17(15,16)10-6-4-9(2)5-7-10/h4-7H,3,8H2,1-2H3,(H3,12,13). The summed E-state index contributed by atoms with van der Waals surface area (Å²) in [5.74, 6) is -0.164. The highest BCUT2D eigenvalue weighted by atomic mass is 32.2. The molecule has 5 nitrogen and oxygen atoms in total. The number of nitrogens with zero attached hydrogens (tertiary/aromatic N) is 1. The Hall–Kier alpha value is -1.40. The van der Waals surface area contributed by atoms with Crippen LogP contribution >= 0.6 is 0 Å². The van der Waals surface area contributed by atoms with E-state index in [-0.39, 0.29) is 23.8 Å². The largest absolute Gasteiger partial charge is 0.387 e. The molecular formula is C11H17N3O2S. The van der Waals surface area contributed by atoms with Crippen molar-refractivity contribution in [3.63, 3.8) is 0 Å². The maximum absolute atomic E-state index is 12.2. The lowest BCUT2D eigenvalue weighted by Gasteiger charge is -2.19. The number of benzene rings is 1. The fraction of sp³-hybridized carbons (Fsp3) is 0.364. The summed E-state index contributed by atoms with van der Waals surface area (Å²) < 4.78 is 25.5. The molecular weight excluding hydrogens is 238 g/mol. The first kappa shape index (κ1) is 13.7. The first-order valence-corrected chi connectivity index (χ1v) is 6.71. The van der Waals surface area contributed by atoms with Crippen molar-refractivity contribution in [3.8, 4) is 0 Å². The van der Waals surface area contributed by atoms with Gasteiger partial charge in [-0.25, -0.2) is 8.42 Å². The minimum atomic E-state index is -3.55. The van der Waals surface area contributed by atoms with Crippen LogP contribution in [0.2, 0.25) is 0 Å². The van der Waals surface area contributed by atoms with Crippen molar-refractivity contribution in [2.24, 2.45) is 5.73 Å². The van der Waals surface area contributed by atoms with Crippen molar-refractivity contribution in [3.05, 3.63) is 29.8 Å². The molecule has 0 aliphatic rings. The molecule has 1 rings (SSSR count). The number of sulfonamides is 1. The molecule has 6 heteroatoms. The molecule has 1 aromatic carbocycles. The van der Waals surface area contributed by atoms with Gasteiger partial charge in [-0.1, -0.05) is 24.6 Å². The van der Waals surface area contributed by atoms with Crippen molar-refractivity contribution in [2.75, 3.05) is 13.1 Å². The van der Waals surface area contributed by atoms with Crippen LogP contribution in [0.5, 0.6) is 0 Å². The summed E-state index contributed by atoms with van der Waals surface area (Å²) in [5, 5.41) is 7.18. The van der Waals surface area contributed by atoms with E-state index in [0.29, 0.717) is 0 Å². The van der Waals surface area contributed by atoms with E-state index in [0.717, 1.165) is 5.56 Å². The molecule has 0 saturated carbocycles. The van der Waals surface area contributed by atoms with E-state index >= 15 is 0 Å². The summed E-state index contributed by atoms with van der Waals surface area (Å²) in [6, 6.07) is 6.61. The molecule has 17 heavy (non-hydrogen) atoms. The minimum Gasteiger partial charge on any atom is -0.387 e. The van der Waals surface area contributed by atoms with Crippen LogP contribution in [-0.2, 0) is 10.0 Å². The van der Waals surface area contributed by atoms with E-state index in [4.69, 9.17) is 11.1 Å². The predicted octanol–water partition coefficient (Wildman–Crippen LogP) is 0.942. The Balaban J connectivity index is 3.08. The summed E-state index contributed by atoms with van der Waals surface area (Å²) in [6.45, 7) is 3.82. The first-order chi connectivity index (χ1) is 7.87. The van der Waals surface area contributed by atoms with Gasteiger partial charge in [0, 0.05) is 6.54 Å². The van der Waals surface area contributed by atoms with E-state index in [9.17, 15) is 8.42 Å². The smallest absolute Gasteiger partial charge is 0.243 e. The predicted molar refractivity (Wildman–Crippen MR) is 67.5 cm³/mol. The minimum absolute atomic E-state index is 0.0767. The van der Waals surface area contributed by atoms with Gasteiger partial charge in [0.1, 0.15) is 5.84 Å². The van der Waals surface area contributed by atoms with Gasteiger partial charge in [0.25, 0.3) is 0 Å². The Labute approximate surface area is 102 Å². The van der Waals surface area contributed by atoms with Gasteiger partial charge >= 0.3 is 0 Å². The van der Waals surface area contributed by atoms with Crippen LogP contribution in [0.15, 0.2) is 29.2 Å². The summed E-state index contributed by atoms with van der Waals surface area (Å²) in [6.07, 6.45) is 0. The van der Waals surface area contributed by atoms with E-state index in [1.807, 2.05) is 6.92 Å². The van der Waals surface area contributed by atoms with Crippen LogP contribution in [0, 0.1) is 12.3 Å². The van der Waals surface area contributed by atoms with Crippen LogP contribution in [-0.4, -0.2) is 31.6 Å². The number of hydrogen-bond acceptors (Lipinski definition) is 3. The molecule has 0 unspecified atom stereocenters. The van der Waals surface area contributed by atoms with E-state index < -0.39 is 10.0 Å². The number of likely N-dealkylation sites (N-methyl/N-ethyl adjacent to an activating group) is 1. The lowest BCUT2D eigenvalue weighted by atomic mass is 10.2. The second-order valence-electron chi connectivity index (χ2n) is 3.77. The number of aryl methyl sites for hydroxylation is 1. The van der Waals surface area contributed by atoms with Crippen molar-refractivity contribution in [2.45, 2.75) is 18.7 Å². The Kier molecular flexibility index (Phi) is 4.25. The molecule has 0 aromatic heterocycles. The summed E-state index contributed by atoms with van der Waals surface area (Å²) in [7, 11) is -3.55. The lowest BCUT2D eigenvalue weighted by molar-refractivity contribution is 0.466. The molecule has 3 N–H and O–H groups in total. The first-order valence-electron chi connectivity index (χ1n) is 5.27. The number of amidine groups is 1. The highest BCUT2D eigenvalue weighted by Gasteiger charge is 2.23. The van der Waals surface area contributed by atoms with Crippen LogP contribution in [0.3, 0.4) is 0 Å². The molecule has 0 heterocycles. The van der Waals surface area contributed by atoms with Gasteiger partial charge in [-0.3, -0.25) is 5.41 Å². The zero-order valence-corrected chi connectivity index (χ0v) is 10.8. The van der Waals surface area contributed by atoms with Gasteiger partial charge in [0.2, 0.25) is 10.0 Å². The second-order valence-corrected chi connectivity index (χ2v) is 5.71. The molecule has 94 valence electrons. The van der Waals surface area contributed by atoms with Crippen molar-refractivity contribution < 1.29 is 8.42 Å². The van der Waals surface area contributed by atoms with Crippen LogP contribution in [0.25, 0.3) is 0 Å². The fourth-order valence-corrected chi connectivity index (χ4v) is 2.84. The maximum Gasteiger partial charge on any atom is 0.243 e. The number of nitrogens with two attached hydrogens (primary N) is 1. The normalized spacial score (nSPS) is 11.7. The van der Waals surface area contributed by atoms with Gasteiger partial charge in [0.15, 0.2) is 0 Å². The summed E-state index contributed by atoms with van der Waals surface area (Å²) in [4.78, 5) is 0.228. The molecule has 0 amide bonds. The second kappa shape index (κ2) is 5.29. The highest BCUT2D eigenvalue weighted by Crippen LogP contribution is 2.15. The third kappa shape index (κ3) is 3.28.